The van der Waals surface area contributed by atoms with Crippen molar-refractivity contribution in [2.45, 2.75) is 19.3 Å². The van der Waals surface area contributed by atoms with Crippen LogP contribution in [-0.4, -0.2) is 15.0 Å². The second-order valence-corrected chi connectivity index (χ2v) is 17.1. The van der Waals surface area contributed by atoms with Gasteiger partial charge >= 0.3 is 0 Å². The molecule has 12 rings (SSSR count). The van der Waals surface area contributed by atoms with E-state index in [1.54, 1.807) is 6.08 Å². The van der Waals surface area contributed by atoms with Gasteiger partial charge < -0.3 is 4.42 Å². The Labute approximate surface area is 371 Å². The molecule has 0 N–H and O–H groups in total. The second kappa shape index (κ2) is 14.7. The highest BCUT2D eigenvalue weighted by molar-refractivity contribution is 6.25. The normalized spacial score (nSPS) is 13.0. The van der Waals surface area contributed by atoms with Gasteiger partial charge in [-0.15, -0.1) is 0 Å². The van der Waals surface area contributed by atoms with E-state index in [1.165, 1.54) is 54.6 Å². The minimum Gasteiger partial charge on any atom is -0.456 e. The summed E-state index contributed by atoms with van der Waals surface area (Å²) in [5.41, 5.74) is 12.7. The number of nitrogens with zero attached hydrogens (tertiary/aromatic N) is 3. The molecule has 4 nitrogen and oxygen atoms in total. The van der Waals surface area contributed by atoms with Gasteiger partial charge in [-0.1, -0.05) is 196 Å². The fourth-order valence-electron chi connectivity index (χ4n) is 10.1. The summed E-state index contributed by atoms with van der Waals surface area (Å²) >= 11 is 0. The smallest absolute Gasteiger partial charge is 0.164 e. The first-order chi connectivity index (χ1) is 31.4. The fourth-order valence-corrected chi connectivity index (χ4v) is 10.1. The topological polar surface area (TPSA) is 51.8 Å². The molecular formula is C60H41N3O. The molecule has 2 heterocycles. The Morgan fingerprint density at radius 2 is 1.00 bits per heavy atom. The van der Waals surface area contributed by atoms with Crippen LogP contribution in [0.1, 0.15) is 41.9 Å². The van der Waals surface area contributed by atoms with Crippen LogP contribution in [0.25, 0.3) is 118 Å². The maximum atomic E-state index is 6.45. The van der Waals surface area contributed by atoms with E-state index in [1.807, 2.05) is 24.3 Å². The lowest BCUT2D eigenvalue weighted by Gasteiger charge is -2.24. The van der Waals surface area contributed by atoms with Crippen molar-refractivity contribution < 1.29 is 4.42 Å². The van der Waals surface area contributed by atoms with Crippen molar-refractivity contribution in [3.63, 3.8) is 0 Å². The monoisotopic (exact) mass is 819 g/mol. The van der Waals surface area contributed by atoms with Crippen molar-refractivity contribution in [1.82, 2.24) is 15.0 Å². The summed E-state index contributed by atoms with van der Waals surface area (Å²) in [4.78, 5) is 15.5. The molecule has 0 atom stereocenters. The fraction of sp³-hybridized carbons (Fsp3) is 0.0500. The number of rotatable bonds is 7. The van der Waals surface area contributed by atoms with Gasteiger partial charge in [-0.3, -0.25) is 0 Å². The lowest BCUT2D eigenvalue weighted by molar-refractivity contribution is 0.603. The van der Waals surface area contributed by atoms with Crippen LogP contribution in [0.5, 0.6) is 0 Å². The first kappa shape index (κ1) is 37.5. The van der Waals surface area contributed by atoms with Gasteiger partial charge in [0.15, 0.2) is 17.5 Å². The largest absolute Gasteiger partial charge is 0.456 e. The summed E-state index contributed by atoms with van der Waals surface area (Å²) in [5.74, 6) is 2.66. The molecule has 0 amide bonds. The molecule has 9 aromatic carbocycles. The molecule has 4 heteroatoms. The molecule has 11 aromatic rings. The highest BCUT2D eigenvalue weighted by Gasteiger charge is 2.38. The van der Waals surface area contributed by atoms with Gasteiger partial charge in [0.05, 0.1) is 0 Å². The molecule has 0 saturated carbocycles. The maximum absolute atomic E-state index is 6.45. The molecule has 2 aromatic heterocycles. The van der Waals surface area contributed by atoms with E-state index in [0.29, 0.717) is 17.5 Å². The first-order valence-electron chi connectivity index (χ1n) is 21.8. The number of hydrogen-bond acceptors (Lipinski definition) is 4. The van der Waals surface area contributed by atoms with Gasteiger partial charge in [0.2, 0.25) is 0 Å². The zero-order chi connectivity index (χ0) is 42.9. The first-order valence-corrected chi connectivity index (χ1v) is 21.8. The number of fused-ring (bicyclic) bond motifs is 10. The van der Waals surface area contributed by atoms with Crippen molar-refractivity contribution in [1.29, 1.82) is 0 Å². The molecule has 0 fully saturated rings. The zero-order valence-electron chi connectivity index (χ0n) is 35.5. The maximum Gasteiger partial charge on any atom is 0.164 e. The van der Waals surface area contributed by atoms with E-state index in [0.717, 1.165) is 55.7 Å². The van der Waals surface area contributed by atoms with E-state index in [4.69, 9.17) is 19.4 Å². The van der Waals surface area contributed by atoms with Gasteiger partial charge in [-0.25, -0.2) is 15.0 Å². The highest BCUT2D eigenvalue weighted by atomic mass is 16.3. The minimum absolute atomic E-state index is 0.225. The van der Waals surface area contributed by atoms with Crippen LogP contribution in [-0.2, 0) is 5.41 Å². The number of furan rings is 1. The standard InChI is InChI=1S/C60H41N3O/c1-4-53-49(35-29-37-28-34-46-44-20-9-8-18-42(44)43-19-10-11-21-45(43)51(46)36-37)55-41(23-15-27-54(55)64-53)38-30-32-40(33-31-38)58-61-57(39-16-6-5-7-17-39)62-59(63-58)50-25-14-24-48-47-22-12-13-26-52(47)60(2,3)56(48)50/h4-36H,1H2,2-3H3/b35-29+. The molecule has 302 valence electrons. The Morgan fingerprint density at radius 1 is 0.453 bits per heavy atom. The Bertz CT molecular complexity index is 3670. The third kappa shape index (κ3) is 5.95. The Hall–Kier alpha value is -8.21. The third-order valence-electron chi connectivity index (χ3n) is 13.1. The lowest BCUT2D eigenvalue weighted by Crippen LogP contribution is -2.17. The Kier molecular flexibility index (Phi) is 8.63. The van der Waals surface area contributed by atoms with Crippen molar-refractivity contribution in [2.24, 2.45) is 0 Å². The summed E-state index contributed by atoms with van der Waals surface area (Å²) in [5, 5.41) is 8.58. The number of benzene rings is 9. The van der Waals surface area contributed by atoms with Crippen LogP contribution in [0.4, 0.5) is 0 Å². The molecule has 0 radical (unpaired) electrons. The molecule has 0 bridgehead atoms. The Balaban J connectivity index is 0.945. The third-order valence-corrected chi connectivity index (χ3v) is 13.1. The van der Waals surface area contributed by atoms with Crippen molar-refractivity contribution >= 4 is 61.5 Å². The SMILES string of the molecule is C=Cc1oc2cccc(-c3ccc(-c4nc(-c5ccccc5)nc(-c5cccc6c5C(C)(C)c5ccccc5-6)n4)cc3)c2c1/C=C/c1ccc2c3ccccc3c3ccccc3c2c1. The molecule has 0 spiro atoms. The van der Waals surface area contributed by atoms with Crippen molar-refractivity contribution in [3.05, 3.63) is 217 Å². The summed E-state index contributed by atoms with van der Waals surface area (Å²) in [7, 11) is 0. The number of hydrogen-bond donors (Lipinski definition) is 0. The predicted octanol–water partition coefficient (Wildman–Crippen LogP) is 15.9. The van der Waals surface area contributed by atoms with E-state index in [-0.39, 0.29) is 5.41 Å². The van der Waals surface area contributed by atoms with Crippen molar-refractivity contribution in [2.75, 3.05) is 0 Å². The molecule has 0 unspecified atom stereocenters. The molecule has 0 saturated heterocycles. The molecular weight excluding hydrogens is 779 g/mol. The van der Waals surface area contributed by atoms with E-state index >= 15 is 0 Å². The van der Waals surface area contributed by atoms with Gasteiger partial charge in [-0.05, 0) is 95.5 Å². The average molecular weight is 820 g/mol. The number of aromatic nitrogens is 3. The van der Waals surface area contributed by atoms with Gasteiger partial charge in [0.25, 0.3) is 0 Å². The molecule has 0 aliphatic heterocycles. The van der Waals surface area contributed by atoms with Crippen LogP contribution in [0.3, 0.4) is 0 Å². The van der Waals surface area contributed by atoms with Gasteiger partial charge in [-0.2, -0.15) is 0 Å². The van der Waals surface area contributed by atoms with E-state index < -0.39 is 0 Å². The zero-order valence-corrected chi connectivity index (χ0v) is 35.5. The quantitative estimate of drug-likeness (QED) is 0.150. The van der Waals surface area contributed by atoms with Crippen LogP contribution >= 0.6 is 0 Å². The summed E-state index contributed by atoms with van der Waals surface area (Å²) in [6, 6.07) is 64.3. The summed E-state index contributed by atoms with van der Waals surface area (Å²) in [6.07, 6.45) is 6.16. The van der Waals surface area contributed by atoms with Crippen LogP contribution in [0.15, 0.2) is 193 Å². The highest BCUT2D eigenvalue weighted by Crippen LogP contribution is 2.52. The van der Waals surface area contributed by atoms with E-state index in [9.17, 15) is 0 Å². The summed E-state index contributed by atoms with van der Waals surface area (Å²) in [6.45, 7) is 8.74. The predicted molar refractivity (Wildman–Crippen MR) is 267 cm³/mol. The summed E-state index contributed by atoms with van der Waals surface area (Å²) < 4.78 is 6.45. The van der Waals surface area contributed by atoms with E-state index in [2.05, 4.69) is 190 Å². The molecule has 1 aliphatic carbocycles. The van der Waals surface area contributed by atoms with Crippen LogP contribution in [0, 0.1) is 0 Å². The van der Waals surface area contributed by atoms with Gasteiger partial charge in [0.1, 0.15) is 11.3 Å². The molecule has 64 heavy (non-hydrogen) atoms. The average Bonchev–Trinajstić information content (AvgIpc) is 3.84. The Morgan fingerprint density at radius 3 is 1.72 bits per heavy atom. The van der Waals surface area contributed by atoms with Crippen LogP contribution in [0.2, 0.25) is 0 Å². The van der Waals surface area contributed by atoms with Crippen LogP contribution < -0.4 is 0 Å². The molecule has 1 aliphatic rings. The second-order valence-electron chi connectivity index (χ2n) is 17.1. The van der Waals surface area contributed by atoms with Crippen molar-refractivity contribution in [3.8, 4) is 56.4 Å². The minimum atomic E-state index is -0.225. The van der Waals surface area contributed by atoms with Gasteiger partial charge in [0, 0.05) is 33.1 Å². The lowest BCUT2D eigenvalue weighted by atomic mass is 9.80.